The summed E-state index contributed by atoms with van der Waals surface area (Å²) in [5, 5.41) is 3.24. The van der Waals surface area contributed by atoms with Crippen LogP contribution >= 0.6 is 11.8 Å². The van der Waals surface area contributed by atoms with E-state index in [1.165, 1.54) is 0 Å². The van der Waals surface area contributed by atoms with Gasteiger partial charge < -0.3 is 5.32 Å². The van der Waals surface area contributed by atoms with Crippen LogP contribution in [0.15, 0.2) is 0 Å². The van der Waals surface area contributed by atoms with Crippen LogP contribution in [0.5, 0.6) is 0 Å². The van der Waals surface area contributed by atoms with Gasteiger partial charge in [-0.1, -0.05) is 6.92 Å². The molecule has 6 heteroatoms. The minimum absolute atomic E-state index is 0.286. The van der Waals surface area contributed by atoms with Gasteiger partial charge in [-0.25, -0.2) is 12.7 Å². The van der Waals surface area contributed by atoms with Crippen molar-refractivity contribution in [3.05, 3.63) is 0 Å². The van der Waals surface area contributed by atoms with Crippen LogP contribution in [0, 0.1) is 0 Å². The quantitative estimate of drug-likeness (QED) is 0.711. The highest BCUT2D eigenvalue weighted by molar-refractivity contribution is 7.99. The average molecular weight is 280 g/mol. The Morgan fingerprint density at radius 1 is 1.24 bits per heavy atom. The number of hydrogen-bond acceptors (Lipinski definition) is 4. The molecule has 1 rings (SSSR count). The fourth-order valence-corrected chi connectivity index (χ4v) is 4.36. The topological polar surface area (TPSA) is 49.4 Å². The van der Waals surface area contributed by atoms with E-state index in [1.807, 2.05) is 11.8 Å². The zero-order valence-corrected chi connectivity index (χ0v) is 12.3. The van der Waals surface area contributed by atoms with Gasteiger partial charge >= 0.3 is 0 Å². The summed E-state index contributed by atoms with van der Waals surface area (Å²) >= 11 is 1.85. The zero-order valence-electron chi connectivity index (χ0n) is 10.7. The van der Waals surface area contributed by atoms with Gasteiger partial charge in [-0.3, -0.25) is 0 Å². The van der Waals surface area contributed by atoms with Crippen molar-refractivity contribution >= 4 is 21.8 Å². The van der Waals surface area contributed by atoms with Gasteiger partial charge in [0, 0.05) is 18.8 Å². The standard InChI is InChI=1S/C11H24N2O2S2/c1-2-5-12-6-3-11-17(14,15)13-7-4-9-16-10-8-13/h12H,2-11H2,1H3. The minimum atomic E-state index is -3.01. The molecule has 0 aromatic carbocycles. The predicted molar refractivity (Wildman–Crippen MR) is 75.1 cm³/mol. The summed E-state index contributed by atoms with van der Waals surface area (Å²) in [5.41, 5.74) is 0. The van der Waals surface area contributed by atoms with Crippen molar-refractivity contribution in [2.24, 2.45) is 0 Å². The first kappa shape index (κ1) is 15.3. The SMILES string of the molecule is CCCNCCCS(=O)(=O)N1CCCSCC1. The van der Waals surface area contributed by atoms with E-state index in [1.54, 1.807) is 4.31 Å². The molecule has 102 valence electrons. The molecular weight excluding hydrogens is 256 g/mol. The molecule has 1 aliphatic heterocycles. The lowest BCUT2D eigenvalue weighted by molar-refractivity contribution is 0.433. The maximum Gasteiger partial charge on any atom is 0.214 e. The fraction of sp³-hybridized carbons (Fsp3) is 1.00. The van der Waals surface area contributed by atoms with E-state index in [0.717, 1.165) is 37.4 Å². The molecule has 0 aromatic rings. The molecule has 0 saturated carbocycles. The Morgan fingerprint density at radius 3 is 2.82 bits per heavy atom. The third-order valence-corrected chi connectivity index (χ3v) is 5.76. The summed E-state index contributed by atoms with van der Waals surface area (Å²) in [4.78, 5) is 0. The second kappa shape index (κ2) is 8.34. The zero-order chi connectivity index (χ0) is 12.6. The molecule has 1 heterocycles. The lowest BCUT2D eigenvalue weighted by Crippen LogP contribution is -2.35. The summed E-state index contributed by atoms with van der Waals surface area (Å²) in [7, 11) is -3.01. The van der Waals surface area contributed by atoms with Crippen LogP contribution in [-0.2, 0) is 10.0 Å². The van der Waals surface area contributed by atoms with Crippen LogP contribution in [0.3, 0.4) is 0 Å². The van der Waals surface area contributed by atoms with E-state index >= 15 is 0 Å². The molecule has 1 N–H and O–H groups in total. The van der Waals surface area contributed by atoms with Gasteiger partial charge in [0.1, 0.15) is 0 Å². The van der Waals surface area contributed by atoms with Gasteiger partial charge in [0.2, 0.25) is 10.0 Å². The predicted octanol–water partition coefficient (Wildman–Crippen LogP) is 1.14. The minimum Gasteiger partial charge on any atom is -0.317 e. The van der Waals surface area contributed by atoms with Crippen LogP contribution in [0.2, 0.25) is 0 Å². The number of rotatable bonds is 7. The number of thioether (sulfide) groups is 1. The Bertz CT molecular complexity index is 286. The highest BCUT2D eigenvalue weighted by atomic mass is 32.2. The maximum atomic E-state index is 12.1. The normalized spacial score (nSPS) is 19.1. The third kappa shape index (κ3) is 6.08. The van der Waals surface area contributed by atoms with E-state index in [0.29, 0.717) is 19.5 Å². The third-order valence-electron chi connectivity index (χ3n) is 2.76. The first-order valence-corrected chi connectivity index (χ1v) is 9.19. The molecule has 0 amide bonds. The van der Waals surface area contributed by atoms with Gasteiger partial charge in [-0.05, 0) is 38.1 Å². The summed E-state index contributed by atoms with van der Waals surface area (Å²) < 4.78 is 25.8. The van der Waals surface area contributed by atoms with Gasteiger partial charge in [0.05, 0.1) is 5.75 Å². The van der Waals surface area contributed by atoms with Crippen LogP contribution in [0.4, 0.5) is 0 Å². The average Bonchev–Trinajstić information content (AvgIpc) is 2.57. The second-order valence-corrected chi connectivity index (χ2v) is 7.60. The first-order valence-electron chi connectivity index (χ1n) is 6.43. The van der Waals surface area contributed by atoms with E-state index in [-0.39, 0.29) is 5.75 Å². The Kier molecular flexibility index (Phi) is 7.50. The van der Waals surface area contributed by atoms with Crippen molar-refractivity contribution in [3.63, 3.8) is 0 Å². The largest absolute Gasteiger partial charge is 0.317 e. The van der Waals surface area contributed by atoms with Gasteiger partial charge in [0.15, 0.2) is 0 Å². The lowest BCUT2D eigenvalue weighted by Gasteiger charge is -2.19. The molecule has 1 aliphatic rings. The number of nitrogens with one attached hydrogen (secondary N) is 1. The van der Waals surface area contributed by atoms with Crippen LogP contribution in [0.25, 0.3) is 0 Å². The highest BCUT2D eigenvalue weighted by Crippen LogP contribution is 2.13. The Labute approximate surface area is 110 Å². The molecule has 17 heavy (non-hydrogen) atoms. The van der Waals surface area contributed by atoms with Crippen molar-refractivity contribution in [1.29, 1.82) is 0 Å². The van der Waals surface area contributed by atoms with Crippen LogP contribution < -0.4 is 5.32 Å². The summed E-state index contributed by atoms with van der Waals surface area (Å²) in [6, 6.07) is 0. The van der Waals surface area contributed by atoms with Crippen molar-refractivity contribution in [2.75, 3.05) is 43.4 Å². The highest BCUT2D eigenvalue weighted by Gasteiger charge is 2.22. The van der Waals surface area contributed by atoms with E-state index in [4.69, 9.17) is 0 Å². The van der Waals surface area contributed by atoms with E-state index < -0.39 is 10.0 Å². The Morgan fingerprint density at radius 2 is 2.06 bits per heavy atom. The molecule has 0 bridgehead atoms. The van der Waals surface area contributed by atoms with Gasteiger partial charge in [-0.2, -0.15) is 11.8 Å². The molecule has 4 nitrogen and oxygen atoms in total. The second-order valence-electron chi connectivity index (χ2n) is 4.28. The van der Waals surface area contributed by atoms with E-state index in [2.05, 4.69) is 12.2 Å². The molecule has 0 unspecified atom stereocenters. The van der Waals surface area contributed by atoms with Gasteiger partial charge in [-0.15, -0.1) is 0 Å². The molecule has 1 fully saturated rings. The van der Waals surface area contributed by atoms with Gasteiger partial charge in [0.25, 0.3) is 0 Å². The number of hydrogen-bond donors (Lipinski definition) is 1. The number of sulfonamides is 1. The summed E-state index contributed by atoms with van der Waals surface area (Å²) in [6.45, 7) is 5.28. The van der Waals surface area contributed by atoms with Crippen molar-refractivity contribution in [3.8, 4) is 0 Å². The van der Waals surface area contributed by atoms with Crippen molar-refractivity contribution < 1.29 is 8.42 Å². The molecule has 0 aliphatic carbocycles. The van der Waals surface area contributed by atoms with Crippen LogP contribution in [0.1, 0.15) is 26.2 Å². The molecule has 0 spiro atoms. The van der Waals surface area contributed by atoms with Crippen LogP contribution in [-0.4, -0.2) is 56.2 Å². The van der Waals surface area contributed by atoms with E-state index in [9.17, 15) is 8.42 Å². The lowest BCUT2D eigenvalue weighted by atomic mass is 10.4. The molecule has 0 radical (unpaired) electrons. The Balaban J connectivity index is 2.28. The van der Waals surface area contributed by atoms with Crippen molar-refractivity contribution in [1.82, 2.24) is 9.62 Å². The monoisotopic (exact) mass is 280 g/mol. The Hall–Kier alpha value is 0.220. The summed E-state index contributed by atoms with van der Waals surface area (Å²) in [6.07, 6.45) is 2.79. The maximum absolute atomic E-state index is 12.1. The molecule has 0 atom stereocenters. The first-order chi connectivity index (χ1) is 8.17. The fourth-order valence-electron chi connectivity index (χ4n) is 1.81. The smallest absolute Gasteiger partial charge is 0.214 e. The molecule has 1 saturated heterocycles. The molecular formula is C11H24N2O2S2. The molecule has 0 aromatic heterocycles. The summed E-state index contributed by atoms with van der Waals surface area (Å²) in [5.74, 6) is 2.31. The van der Waals surface area contributed by atoms with Crippen molar-refractivity contribution in [2.45, 2.75) is 26.2 Å². The number of nitrogens with zero attached hydrogens (tertiary/aromatic N) is 1.